The van der Waals surface area contributed by atoms with E-state index in [0.29, 0.717) is 13.1 Å². The molecule has 35 heavy (non-hydrogen) atoms. The topological polar surface area (TPSA) is 81.0 Å². The first-order valence-electron chi connectivity index (χ1n) is 11.7. The molecule has 0 unspecified atom stereocenters. The molecule has 10 heteroatoms. The van der Waals surface area contributed by atoms with Crippen molar-refractivity contribution in [2.45, 2.75) is 51.5 Å². The van der Waals surface area contributed by atoms with Crippen LogP contribution in [-0.2, 0) is 17.1 Å². The van der Waals surface area contributed by atoms with Crippen LogP contribution in [-0.4, -0.2) is 45.6 Å². The number of halogens is 2. The Kier molecular flexibility index (Phi) is 6.56. The number of benzene rings is 1. The molecular weight excluding hydrogens is 472 g/mol. The van der Waals surface area contributed by atoms with Gasteiger partial charge in [0.1, 0.15) is 11.6 Å². The first-order valence-corrected chi connectivity index (χ1v) is 13.1. The fourth-order valence-corrected chi connectivity index (χ4v) is 6.82. The normalized spacial score (nSPS) is 22.1. The maximum Gasteiger partial charge on any atom is 0.262 e. The van der Waals surface area contributed by atoms with Crippen molar-refractivity contribution >= 4 is 10.0 Å². The van der Waals surface area contributed by atoms with Gasteiger partial charge in [0.2, 0.25) is 0 Å². The molecule has 0 amide bonds. The van der Waals surface area contributed by atoms with Gasteiger partial charge < -0.3 is 4.57 Å². The largest absolute Gasteiger partial charge is 0.339 e. The van der Waals surface area contributed by atoms with Gasteiger partial charge >= 0.3 is 0 Å². The summed E-state index contributed by atoms with van der Waals surface area (Å²) in [6.45, 7) is 8.83. The summed E-state index contributed by atoms with van der Waals surface area (Å²) in [7, 11) is -2.01. The van der Waals surface area contributed by atoms with Gasteiger partial charge in [-0.2, -0.15) is 14.5 Å². The van der Waals surface area contributed by atoms with Gasteiger partial charge in [-0.15, -0.1) is 0 Å². The van der Waals surface area contributed by atoms with Crippen molar-refractivity contribution in [3.8, 4) is 11.3 Å². The van der Waals surface area contributed by atoms with Crippen molar-refractivity contribution in [1.29, 1.82) is 0 Å². The van der Waals surface area contributed by atoms with Gasteiger partial charge in [-0.3, -0.25) is 0 Å². The lowest BCUT2D eigenvalue weighted by Gasteiger charge is -2.44. The smallest absolute Gasteiger partial charge is 0.262 e. The van der Waals surface area contributed by atoms with Crippen LogP contribution in [0.25, 0.3) is 11.3 Å². The molecule has 1 fully saturated rings. The second-order valence-corrected chi connectivity index (χ2v) is 12.0. The number of hydrogen-bond acceptors (Lipinski definition) is 5. The minimum atomic E-state index is -3.74. The van der Waals surface area contributed by atoms with Crippen molar-refractivity contribution in [1.82, 2.24) is 24.1 Å². The molecule has 2 atom stereocenters. The van der Waals surface area contributed by atoms with Crippen LogP contribution in [0.3, 0.4) is 0 Å². The summed E-state index contributed by atoms with van der Waals surface area (Å²) in [5.74, 6) is -1.37. The first-order chi connectivity index (χ1) is 16.4. The van der Waals surface area contributed by atoms with Crippen molar-refractivity contribution in [2.75, 3.05) is 13.1 Å². The molecule has 3 aromatic rings. The van der Waals surface area contributed by atoms with Crippen LogP contribution >= 0.6 is 0 Å². The van der Waals surface area contributed by atoms with E-state index in [1.165, 1.54) is 35.0 Å². The van der Waals surface area contributed by atoms with E-state index >= 15 is 0 Å². The van der Waals surface area contributed by atoms with Gasteiger partial charge in [0.05, 0.1) is 23.8 Å². The Balaban J connectivity index is 1.65. The Bertz CT molecular complexity index is 1320. The van der Waals surface area contributed by atoms with E-state index in [-0.39, 0.29) is 33.0 Å². The monoisotopic (exact) mass is 503 g/mol. The number of rotatable bonds is 7. The Morgan fingerprint density at radius 3 is 2.49 bits per heavy atom. The Morgan fingerprint density at radius 2 is 1.89 bits per heavy atom. The predicted molar refractivity (Wildman–Crippen MR) is 129 cm³/mol. The van der Waals surface area contributed by atoms with Crippen molar-refractivity contribution in [3.63, 3.8) is 0 Å². The lowest BCUT2D eigenvalue weighted by Crippen LogP contribution is -2.45. The van der Waals surface area contributed by atoms with E-state index in [2.05, 4.69) is 36.0 Å². The SMILES string of the molecule is CCN(C[C@]1(C)CC[C@@H](c2cnnc(-c3c(F)cccc3F)c2)C1(C)C)S(=O)(=O)c1cn(C)cn1. The van der Waals surface area contributed by atoms with Gasteiger partial charge in [0, 0.05) is 26.3 Å². The number of aromatic nitrogens is 4. The Hall–Kier alpha value is -2.72. The second kappa shape index (κ2) is 9.05. The van der Waals surface area contributed by atoms with Crippen LogP contribution in [0.4, 0.5) is 8.78 Å². The van der Waals surface area contributed by atoms with E-state index < -0.39 is 21.7 Å². The van der Waals surface area contributed by atoms with Gasteiger partial charge in [0.15, 0.2) is 5.03 Å². The molecular formula is C25H31F2N5O2S. The van der Waals surface area contributed by atoms with Crippen LogP contribution in [0, 0.1) is 22.5 Å². The maximum atomic E-state index is 14.4. The number of sulfonamides is 1. The zero-order chi connectivity index (χ0) is 25.6. The second-order valence-electron chi connectivity index (χ2n) is 10.2. The fraction of sp³-hybridized carbons (Fsp3) is 0.480. The van der Waals surface area contributed by atoms with Crippen LogP contribution in [0.2, 0.25) is 0 Å². The lowest BCUT2D eigenvalue weighted by atomic mass is 9.64. The number of imidazole rings is 1. The average molecular weight is 504 g/mol. The summed E-state index contributed by atoms with van der Waals surface area (Å²) < 4.78 is 58.5. The Labute approximate surface area is 205 Å². The highest BCUT2D eigenvalue weighted by atomic mass is 32.2. The van der Waals surface area contributed by atoms with Crippen LogP contribution in [0.1, 0.15) is 52.0 Å². The van der Waals surface area contributed by atoms with Crippen LogP contribution in [0.15, 0.2) is 48.0 Å². The molecule has 0 N–H and O–H groups in total. The first kappa shape index (κ1) is 25.4. The summed E-state index contributed by atoms with van der Waals surface area (Å²) in [6, 6.07) is 5.42. The van der Waals surface area contributed by atoms with Crippen LogP contribution in [0.5, 0.6) is 0 Å². The van der Waals surface area contributed by atoms with Crippen molar-refractivity contribution in [3.05, 3.63) is 60.2 Å². The zero-order valence-electron chi connectivity index (χ0n) is 20.7. The number of nitrogens with zero attached hydrogens (tertiary/aromatic N) is 5. The van der Waals surface area contributed by atoms with E-state index in [9.17, 15) is 17.2 Å². The summed E-state index contributed by atoms with van der Waals surface area (Å²) >= 11 is 0. The molecule has 2 heterocycles. The van der Waals surface area contributed by atoms with Gasteiger partial charge in [-0.1, -0.05) is 33.8 Å². The highest BCUT2D eigenvalue weighted by Gasteiger charge is 2.53. The summed E-state index contributed by atoms with van der Waals surface area (Å²) in [6.07, 6.45) is 6.20. The number of hydrogen-bond donors (Lipinski definition) is 0. The molecule has 1 aliphatic carbocycles. The quantitative estimate of drug-likeness (QED) is 0.464. The molecule has 0 aliphatic heterocycles. The predicted octanol–water partition coefficient (Wildman–Crippen LogP) is 4.78. The highest BCUT2D eigenvalue weighted by Crippen LogP contribution is 2.60. The van der Waals surface area contributed by atoms with Gasteiger partial charge in [-0.05, 0) is 53.4 Å². The lowest BCUT2D eigenvalue weighted by molar-refractivity contribution is 0.0901. The van der Waals surface area contributed by atoms with Gasteiger partial charge in [0.25, 0.3) is 10.0 Å². The van der Waals surface area contributed by atoms with Gasteiger partial charge in [-0.25, -0.2) is 22.2 Å². The zero-order valence-corrected chi connectivity index (χ0v) is 21.5. The highest BCUT2D eigenvalue weighted by molar-refractivity contribution is 7.89. The van der Waals surface area contributed by atoms with Crippen molar-refractivity contribution in [2.24, 2.45) is 17.9 Å². The van der Waals surface area contributed by atoms with E-state index in [0.717, 1.165) is 18.4 Å². The number of aryl methyl sites for hydroxylation is 1. The van der Waals surface area contributed by atoms with E-state index in [1.54, 1.807) is 23.9 Å². The van der Waals surface area contributed by atoms with Crippen LogP contribution < -0.4 is 0 Å². The molecule has 4 rings (SSSR count). The molecule has 1 saturated carbocycles. The van der Waals surface area contributed by atoms with E-state index in [4.69, 9.17) is 0 Å². The minimum absolute atomic E-state index is 0.00726. The summed E-state index contributed by atoms with van der Waals surface area (Å²) in [4.78, 5) is 4.06. The summed E-state index contributed by atoms with van der Waals surface area (Å²) in [5.41, 5.74) is 0.0903. The molecule has 1 aliphatic rings. The molecule has 0 bridgehead atoms. The third-order valence-corrected chi connectivity index (χ3v) is 9.68. The summed E-state index contributed by atoms with van der Waals surface area (Å²) in [5, 5.41) is 8.08. The molecule has 1 aromatic carbocycles. The van der Waals surface area contributed by atoms with E-state index in [1.807, 2.05) is 6.92 Å². The maximum absolute atomic E-state index is 14.4. The molecule has 0 spiro atoms. The standard InChI is InChI=1S/C25H31F2N5O2S/c1-6-32(35(33,34)22-14-31(5)16-28-22)15-25(4)11-10-18(24(25,2)3)17-12-21(30-29-13-17)23-19(26)8-7-9-20(23)27/h7-9,12-14,16,18H,6,10-11,15H2,1-5H3/t18-,25-/m0/s1. The van der Waals surface area contributed by atoms with Crippen molar-refractivity contribution < 1.29 is 17.2 Å². The molecule has 0 saturated heterocycles. The third-order valence-electron chi connectivity index (χ3n) is 7.87. The molecule has 0 radical (unpaired) electrons. The molecule has 2 aromatic heterocycles. The fourth-order valence-electron chi connectivity index (χ4n) is 5.28. The third kappa shape index (κ3) is 4.38. The molecule has 7 nitrogen and oxygen atoms in total. The minimum Gasteiger partial charge on any atom is -0.339 e. The molecule has 188 valence electrons. The Morgan fingerprint density at radius 1 is 1.20 bits per heavy atom. The average Bonchev–Trinajstić information content (AvgIpc) is 3.33.